The molecule has 3 heterocycles. The first-order chi connectivity index (χ1) is 11.7. The Morgan fingerprint density at radius 3 is 2.96 bits per heavy atom. The average Bonchev–Trinajstić information content (AvgIpc) is 3.08. The number of hydrogen-bond donors (Lipinski definition) is 2. The number of hydrogen-bond acceptors (Lipinski definition) is 5. The molecular formula is C18H20N2O4. The maximum atomic E-state index is 12.5. The maximum absolute atomic E-state index is 12.5. The Morgan fingerprint density at radius 2 is 2.21 bits per heavy atom. The van der Waals surface area contributed by atoms with Crippen LogP contribution < -0.4 is 5.32 Å². The van der Waals surface area contributed by atoms with E-state index in [0.717, 1.165) is 12.0 Å². The van der Waals surface area contributed by atoms with Crippen molar-refractivity contribution in [3.05, 3.63) is 59.6 Å². The van der Waals surface area contributed by atoms with Crippen LogP contribution in [0.4, 0.5) is 0 Å². The second-order valence-electron chi connectivity index (χ2n) is 6.35. The van der Waals surface area contributed by atoms with E-state index in [1.165, 1.54) is 0 Å². The van der Waals surface area contributed by atoms with E-state index >= 15 is 0 Å². The Kier molecular flexibility index (Phi) is 3.78. The van der Waals surface area contributed by atoms with Gasteiger partial charge in [0.05, 0.1) is 12.1 Å². The van der Waals surface area contributed by atoms with Gasteiger partial charge in [-0.3, -0.25) is 4.79 Å². The normalized spacial score (nSPS) is 29.0. The Labute approximate surface area is 140 Å². The average molecular weight is 328 g/mol. The molecule has 24 heavy (non-hydrogen) atoms. The number of benzene rings is 1. The predicted molar refractivity (Wildman–Crippen MR) is 86.4 cm³/mol. The summed E-state index contributed by atoms with van der Waals surface area (Å²) in [5.41, 5.74) is 1.08. The molecule has 6 heteroatoms. The summed E-state index contributed by atoms with van der Waals surface area (Å²) in [7, 11) is 0. The van der Waals surface area contributed by atoms with E-state index in [1.807, 2.05) is 35.2 Å². The fourth-order valence-corrected chi connectivity index (χ4v) is 3.43. The first-order valence-corrected chi connectivity index (χ1v) is 8.12. The van der Waals surface area contributed by atoms with Gasteiger partial charge in [-0.05, 0) is 18.1 Å². The van der Waals surface area contributed by atoms with Crippen LogP contribution in [-0.4, -0.2) is 47.3 Å². The number of nitrogens with one attached hydrogen (secondary N) is 1. The highest BCUT2D eigenvalue weighted by molar-refractivity contribution is 5.95. The fourth-order valence-electron chi connectivity index (χ4n) is 3.43. The summed E-state index contributed by atoms with van der Waals surface area (Å²) in [5.74, 6) is 0.0730. The molecule has 3 aliphatic heterocycles. The molecule has 1 aromatic carbocycles. The number of carbonyl (C=O) groups excluding carboxylic acids is 1. The van der Waals surface area contributed by atoms with Gasteiger partial charge >= 0.3 is 0 Å². The molecule has 2 N–H and O–H groups in total. The van der Waals surface area contributed by atoms with Crippen LogP contribution in [0.2, 0.25) is 0 Å². The summed E-state index contributed by atoms with van der Waals surface area (Å²) in [6.07, 6.45) is 3.33. The van der Waals surface area contributed by atoms with Gasteiger partial charge in [0.1, 0.15) is 18.4 Å². The highest BCUT2D eigenvalue weighted by Gasteiger charge is 2.48. The molecule has 0 radical (unpaired) electrons. The van der Waals surface area contributed by atoms with Crippen LogP contribution in [0.5, 0.6) is 0 Å². The second kappa shape index (κ2) is 5.96. The van der Waals surface area contributed by atoms with E-state index in [-0.39, 0.29) is 11.4 Å². The van der Waals surface area contributed by atoms with Crippen molar-refractivity contribution in [3.8, 4) is 0 Å². The smallest absolute Gasteiger partial charge is 0.271 e. The number of ether oxygens (including phenoxy) is 2. The summed E-state index contributed by atoms with van der Waals surface area (Å²) in [6.45, 7) is 2.04. The third kappa shape index (κ3) is 2.48. The highest BCUT2D eigenvalue weighted by atomic mass is 16.5. The van der Waals surface area contributed by atoms with Crippen molar-refractivity contribution in [2.24, 2.45) is 0 Å². The number of rotatable bonds is 3. The van der Waals surface area contributed by atoms with Crippen molar-refractivity contribution < 1.29 is 19.4 Å². The molecule has 3 aliphatic rings. The molecule has 0 aliphatic carbocycles. The molecule has 0 aromatic heterocycles. The molecule has 0 saturated carbocycles. The van der Waals surface area contributed by atoms with Crippen LogP contribution in [0.1, 0.15) is 12.0 Å². The minimum atomic E-state index is -0.928. The molecule has 2 unspecified atom stereocenters. The van der Waals surface area contributed by atoms with Gasteiger partial charge in [0.25, 0.3) is 5.91 Å². The van der Waals surface area contributed by atoms with Crippen LogP contribution >= 0.6 is 0 Å². The molecule has 0 bridgehead atoms. The largest absolute Gasteiger partial charge is 0.488 e. The van der Waals surface area contributed by atoms with E-state index in [4.69, 9.17) is 9.47 Å². The summed E-state index contributed by atoms with van der Waals surface area (Å²) < 4.78 is 11.4. The lowest BCUT2D eigenvalue weighted by molar-refractivity contribution is -0.123. The van der Waals surface area contributed by atoms with E-state index in [0.29, 0.717) is 37.8 Å². The number of amides is 1. The quantitative estimate of drug-likeness (QED) is 0.862. The number of piperazine rings is 1. The van der Waals surface area contributed by atoms with Gasteiger partial charge in [0, 0.05) is 19.4 Å². The van der Waals surface area contributed by atoms with Crippen LogP contribution in [0.3, 0.4) is 0 Å². The monoisotopic (exact) mass is 328 g/mol. The van der Waals surface area contributed by atoms with Crippen molar-refractivity contribution in [1.82, 2.24) is 10.2 Å². The minimum absolute atomic E-state index is 0.223. The molecular weight excluding hydrogens is 308 g/mol. The number of aliphatic hydroxyl groups excluding tert-OH is 1. The van der Waals surface area contributed by atoms with Crippen molar-refractivity contribution in [1.29, 1.82) is 0 Å². The fraction of sp³-hybridized carbons (Fsp3) is 0.389. The van der Waals surface area contributed by atoms with Crippen LogP contribution in [0, 0.1) is 0 Å². The van der Waals surface area contributed by atoms with Crippen LogP contribution in [-0.2, 0) is 20.9 Å². The van der Waals surface area contributed by atoms with Crippen molar-refractivity contribution in [3.63, 3.8) is 0 Å². The standard InChI is InChI=1S/C18H20N2O4/c21-14-6-8-20-15(16(14)24-10-13-4-2-1-3-5-13)17(22)19-11-18(20)7-9-23-12-18/h1-6,8,14,21H,7,9-12H2,(H,19,22). The molecule has 1 spiro atoms. The molecule has 2 fully saturated rings. The zero-order valence-electron chi connectivity index (χ0n) is 13.3. The Bertz CT molecular complexity index is 692. The molecule has 1 amide bonds. The lowest BCUT2D eigenvalue weighted by atomic mass is 9.91. The van der Waals surface area contributed by atoms with E-state index in [2.05, 4.69) is 5.32 Å². The summed E-state index contributed by atoms with van der Waals surface area (Å²) in [5, 5.41) is 13.2. The van der Waals surface area contributed by atoms with E-state index in [1.54, 1.807) is 12.3 Å². The molecule has 1 aromatic rings. The van der Waals surface area contributed by atoms with Gasteiger partial charge in [-0.1, -0.05) is 30.3 Å². The second-order valence-corrected chi connectivity index (χ2v) is 6.35. The number of carbonyl (C=O) groups is 1. The molecule has 4 rings (SSSR count). The van der Waals surface area contributed by atoms with Crippen molar-refractivity contribution >= 4 is 5.91 Å². The van der Waals surface area contributed by atoms with Gasteiger partial charge in [-0.25, -0.2) is 0 Å². The van der Waals surface area contributed by atoms with Crippen molar-refractivity contribution in [2.75, 3.05) is 19.8 Å². The van der Waals surface area contributed by atoms with Gasteiger partial charge in [0.15, 0.2) is 5.76 Å². The zero-order chi connectivity index (χ0) is 16.6. The zero-order valence-corrected chi connectivity index (χ0v) is 13.3. The molecule has 6 nitrogen and oxygen atoms in total. The maximum Gasteiger partial charge on any atom is 0.271 e. The third-order valence-electron chi connectivity index (χ3n) is 4.78. The highest BCUT2D eigenvalue weighted by Crippen LogP contribution is 2.37. The molecule has 2 atom stereocenters. The Hall–Kier alpha value is -2.31. The van der Waals surface area contributed by atoms with Crippen molar-refractivity contribution in [2.45, 2.75) is 24.7 Å². The molecule has 2 saturated heterocycles. The van der Waals surface area contributed by atoms with Gasteiger partial charge in [-0.15, -0.1) is 0 Å². The number of nitrogens with zero attached hydrogens (tertiary/aromatic N) is 1. The Balaban J connectivity index is 1.65. The first-order valence-electron chi connectivity index (χ1n) is 8.12. The van der Waals surface area contributed by atoms with E-state index in [9.17, 15) is 9.90 Å². The SMILES string of the molecule is O=C1NCC2(CCOC2)N2C=CC(O)C(OCc3ccccc3)=C12. The first kappa shape index (κ1) is 15.2. The Morgan fingerprint density at radius 1 is 1.38 bits per heavy atom. The van der Waals surface area contributed by atoms with Gasteiger partial charge in [0.2, 0.25) is 0 Å². The summed E-state index contributed by atoms with van der Waals surface area (Å²) >= 11 is 0. The topological polar surface area (TPSA) is 71.0 Å². The molecule has 126 valence electrons. The van der Waals surface area contributed by atoms with Gasteiger partial charge < -0.3 is 24.8 Å². The summed E-state index contributed by atoms with van der Waals surface area (Å²) in [6, 6.07) is 9.68. The summed E-state index contributed by atoms with van der Waals surface area (Å²) in [4.78, 5) is 14.4. The van der Waals surface area contributed by atoms with E-state index < -0.39 is 6.10 Å². The number of aliphatic hydroxyl groups is 1. The van der Waals surface area contributed by atoms with Crippen LogP contribution in [0.25, 0.3) is 0 Å². The predicted octanol–water partition coefficient (Wildman–Crippen LogP) is 0.894. The lowest BCUT2D eigenvalue weighted by Crippen LogP contribution is -2.62. The van der Waals surface area contributed by atoms with Gasteiger partial charge in [-0.2, -0.15) is 0 Å². The van der Waals surface area contributed by atoms with Crippen LogP contribution in [0.15, 0.2) is 54.1 Å². The third-order valence-corrected chi connectivity index (χ3v) is 4.78. The minimum Gasteiger partial charge on any atom is -0.488 e. The lowest BCUT2D eigenvalue weighted by Gasteiger charge is -2.46. The number of fused-ring (bicyclic) bond motifs is 2.